The minimum absolute atomic E-state index is 0.0530. The van der Waals surface area contributed by atoms with E-state index in [-0.39, 0.29) is 41.5 Å². The molecule has 1 aromatic heterocycles. The van der Waals surface area contributed by atoms with Crippen molar-refractivity contribution < 1.29 is 22.7 Å². The molecule has 8 nitrogen and oxygen atoms in total. The predicted octanol–water partition coefficient (Wildman–Crippen LogP) is 0.307. The Kier molecular flexibility index (Phi) is 6.22. The Balaban J connectivity index is 2.24. The van der Waals surface area contributed by atoms with E-state index in [1.807, 2.05) is 13.8 Å². The quantitative estimate of drug-likeness (QED) is 0.654. The maximum atomic E-state index is 12.8. The molecule has 1 aromatic rings. The fourth-order valence-electron chi connectivity index (χ4n) is 3.00. The molecule has 1 aliphatic heterocycles. The zero-order valence-electron chi connectivity index (χ0n) is 15.2. The van der Waals surface area contributed by atoms with Crippen molar-refractivity contribution in [2.75, 3.05) is 25.2 Å². The molecule has 0 spiro atoms. The molecule has 0 aromatic carbocycles. The minimum Gasteiger partial charge on any atom is -0.465 e. The summed E-state index contributed by atoms with van der Waals surface area (Å²) in [5, 5.41) is 0. The molecule has 0 N–H and O–H groups in total. The smallest absolute Gasteiger partial charge is 0.339 e. The summed E-state index contributed by atoms with van der Waals surface area (Å²) >= 11 is 0. The van der Waals surface area contributed by atoms with E-state index in [0.29, 0.717) is 13.0 Å². The molecule has 1 unspecified atom stereocenters. The van der Waals surface area contributed by atoms with Gasteiger partial charge in [-0.15, -0.1) is 0 Å². The van der Waals surface area contributed by atoms with Gasteiger partial charge in [0.1, 0.15) is 6.54 Å². The van der Waals surface area contributed by atoms with E-state index >= 15 is 0 Å². The molecule has 2 heterocycles. The number of rotatable bonds is 6. The van der Waals surface area contributed by atoms with Crippen LogP contribution in [0.4, 0.5) is 0 Å². The van der Waals surface area contributed by atoms with Crippen molar-refractivity contribution in [3.63, 3.8) is 0 Å². The van der Waals surface area contributed by atoms with Crippen LogP contribution in [0.5, 0.6) is 0 Å². The predicted molar refractivity (Wildman–Crippen MR) is 95.7 cm³/mol. The standard InChI is InChI=1S/C17H24N2O6S/c1-12(2)8-19(14-6-7-26(23,24)11-14)16(21)10-18-9-13(17(22)25-3)4-5-15(18)20/h4-5,9,12,14H,6-8,10-11H2,1-3H3. The van der Waals surface area contributed by atoms with Crippen LogP contribution in [0.2, 0.25) is 0 Å². The highest BCUT2D eigenvalue weighted by Gasteiger charge is 2.34. The maximum absolute atomic E-state index is 12.8. The van der Waals surface area contributed by atoms with E-state index in [0.717, 1.165) is 4.57 Å². The number of carbonyl (C=O) groups excluding carboxylic acids is 2. The summed E-state index contributed by atoms with van der Waals surface area (Å²) in [5.41, 5.74) is -0.256. The lowest BCUT2D eigenvalue weighted by Gasteiger charge is -2.30. The summed E-state index contributed by atoms with van der Waals surface area (Å²) in [6.07, 6.45) is 1.68. The summed E-state index contributed by atoms with van der Waals surface area (Å²) in [6.45, 7) is 4.03. The number of ether oxygens (including phenoxy) is 1. The maximum Gasteiger partial charge on any atom is 0.339 e. The molecule has 1 amide bonds. The van der Waals surface area contributed by atoms with Crippen LogP contribution in [-0.4, -0.2) is 61.0 Å². The third-order valence-corrected chi connectivity index (χ3v) is 5.99. The molecule has 2 rings (SSSR count). The van der Waals surface area contributed by atoms with E-state index in [1.54, 1.807) is 4.90 Å². The summed E-state index contributed by atoms with van der Waals surface area (Å²) in [7, 11) is -1.91. The van der Waals surface area contributed by atoms with Crippen molar-refractivity contribution in [1.29, 1.82) is 0 Å². The first-order valence-electron chi connectivity index (χ1n) is 8.41. The molecule has 9 heteroatoms. The molecule has 26 heavy (non-hydrogen) atoms. The van der Waals surface area contributed by atoms with E-state index in [1.165, 1.54) is 25.4 Å². The van der Waals surface area contributed by atoms with Gasteiger partial charge >= 0.3 is 5.97 Å². The second-order valence-electron chi connectivity index (χ2n) is 6.87. The number of carbonyl (C=O) groups is 2. The van der Waals surface area contributed by atoms with Gasteiger partial charge in [-0.25, -0.2) is 13.2 Å². The Morgan fingerprint density at radius 3 is 2.58 bits per heavy atom. The minimum atomic E-state index is -3.14. The van der Waals surface area contributed by atoms with Crippen molar-refractivity contribution in [3.05, 3.63) is 34.2 Å². The Labute approximate surface area is 152 Å². The van der Waals surface area contributed by atoms with E-state index in [2.05, 4.69) is 4.74 Å². The fraction of sp³-hybridized carbons (Fsp3) is 0.588. The SMILES string of the molecule is COC(=O)c1ccc(=O)n(CC(=O)N(CC(C)C)C2CCS(=O)(=O)C2)c1. The Bertz CT molecular complexity index is 843. The van der Waals surface area contributed by atoms with Gasteiger partial charge in [0.2, 0.25) is 5.91 Å². The van der Waals surface area contributed by atoms with Crippen molar-refractivity contribution in [1.82, 2.24) is 9.47 Å². The third-order valence-electron chi connectivity index (χ3n) is 4.24. The van der Waals surface area contributed by atoms with Crippen LogP contribution in [0.15, 0.2) is 23.1 Å². The van der Waals surface area contributed by atoms with Gasteiger partial charge in [-0.1, -0.05) is 13.8 Å². The number of sulfone groups is 1. The Morgan fingerprint density at radius 1 is 1.35 bits per heavy atom. The van der Waals surface area contributed by atoms with Gasteiger partial charge in [-0.3, -0.25) is 9.59 Å². The van der Waals surface area contributed by atoms with Gasteiger partial charge < -0.3 is 14.2 Å². The summed E-state index contributed by atoms with van der Waals surface area (Å²) in [5.74, 6) is -0.780. The molecule has 1 fully saturated rings. The van der Waals surface area contributed by atoms with E-state index in [4.69, 9.17) is 0 Å². The Morgan fingerprint density at radius 2 is 2.04 bits per heavy atom. The first kappa shape index (κ1) is 20.2. The number of esters is 1. The molecule has 1 aliphatic rings. The summed E-state index contributed by atoms with van der Waals surface area (Å²) in [4.78, 5) is 38.0. The third kappa shape index (κ3) is 4.94. The Hall–Kier alpha value is -2.16. The summed E-state index contributed by atoms with van der Waals surface area (Å²) in [6, 6.07) is 2.16. The first-order chi connectivity index (χ1) is 12.1. The lowest BCUT2D eigenvalue weighted by molar-refractivity contribution is -0.134. The average Bonchev–Trinajstić information content (AvgIpc) is 2.93. The molecule has 144 valence electrons. The van der Waals surface area contributed by atoms with Crippen molar-refractivity contribution in [2.24, 2.45) is 5.92 Å². The van der Waals surface area contributed by atoms with Gasteiger partial charge in [0.25, 0.3) is 5.56 Å². The zero-order chi connectivity index (χ0) is 19.5. The largest absolute Gasteiger partial charge is 0.465 e. The van der Waals surface area contributed by atoms with Crippen molar-refractivity contribution in [2.45, 2.75) is 32.9 Å². The number of nitrogens with zero attached hydrogens (tertiary/aromatic N) is 2. The van der Waals surface area contributed by atoms with Crippen LogP contribution in [-0.2, 0) is 25.9 Å². The highest BCUT2D eigenvalue weighted by molar-refractivity contribution is 7.91. The number of pyridine rings is 1. The van der Waals surface area contributed by atoms with Gasteiger partial charge in [0.15, 0.2) is 9.84 Å². The lowest BCUT2D eigenvalue weighted by atomic mass is 10.1. The van der Waals surface area contributed by atoms with Crippen molar-refractivity contribution >= 4 is 21.7 Å². The number of hydrogen-bond donors (Lipinski definition) is 0. The molecular formula is C17H24N2O6S. The molecule has 1 atom stereocenters. The van der Waals surface area contributed by atoms with Gasteiger partial charge in [0, 0.05) is 24.8 Å². The second kappa shape index (κ2) is 8.03. The highest BCUT2D eigenvalue weighted by atomic mass is 32.2. The van der Waals surface area contributed by atoms with Crippen LogP contribution in [0.3, 0.4) is 0 Å². The number of amides is 1. The normalized spacial score (nSPS) is 18.7. The molecule has 1 saturated heterocycles. The molecule has 0 saturated carbocycles. The van der Waals surface area contributed by atoms with Gasteiger partial charge in [-0.05, 0) is 18.4 Å². The van der Waals surface area contributed by atoms with E-state index in [9.17, 15) is 22.8 Å². The summed E-state index contributed by atoms with van der Waals surface area (Å²) < 4.78 is 29.3. The van der Waals surface area contributed by atoms with Crippen LogP contribution in [0.25, 0.3) is 0 Å². The first-order valence-corrected chi connectivity index (χ1v) is 10.2. The van der Waals surface area contributed by atoms with Crippen LogP contribution in [0, 0.1) is 5.92 Å². The zero-order valence-corrected chi connectivity index (χ0v) is 16.0. The number of aromatic nitrogens is 1. The molecule has 0 bridgehead atoms. The number of methoxy groups -OCH3 is 1. The van der Waals surface area contributed by atoms with Crippen LogP contribution >= 0.6 is 0 Å². The lowest BCUT2D eigenvalue weighted by Crippen LogP contribution is -2.45. The topological polar surface area (TPSA) is 103 Å². The monoisotopic (exact) mass is 384 g/mol. The van der Waals surface area contributed by atoms with Crippen LogP contribution < -0.4 is 5.56 Å². The molecule has 0 aliphatic carbocycles. The van der Waals surface area contributed by atoms with Gasteiger partial charge in [-0.2, -0.15) is 0 Å². The number of hydrogen-bond acceptors (Lipinski definition) is 6. The second-order valence-corrected chi connectivity index (χ2v) is 9.10. The van der Waals surface area contributed by atoms with Crippen LogP contribution in [0.1, 0.15) is 30.6 Å². The highest BCUT2D eigenvalue weighted by Crippen LogP contribution is 2.19. The average molecular weight is 384 g/mol. The fourth-order valence-corrected chi connectivity index (χ4v) is 4.73. The van der Waals surface area contributed by atoms with E-state index < -0.39 is 21.4 Å². The van der Waals surface area contributed by atoms with Gasteiger partial charge in [0.05, 0.1) is 24.2 Å². The molecule has 0 radical (unpaired) electrons. The van der Waals surface area contributed by atoms with Crippen molar-refractivity contribution in [3.8, 4) is 0 Å². The molecular weight excluding hydrogens is 360 g/mol.